The lowest BCUT2D eigenvalue weighted by Crippen LogP contribution is -2.34. The van der Waals surface area contributed by atoms with Gasteiger partial charge < -0.3 is 26.0 Å². The maximum atomic E-state index is 11.9. The number of urea groups is 1. The fourth-order valence-corrected chi connectivity index (χ4v) is 1.80. The van der Waals surface area contributed by atoms with Crippen molar-refractivity contribution in [2.75, 3.05) is 38.7 Å². The van der Waals surface area contributed by atoms with Gasteiger partial charge in [0.05, 0.1) is 6.61 Å². The Morgan fingerprint density at radius 1 is 1.08 bits per heavy atom. The minimum atomic E-state index is -0.265. The second-order valence-electron chi connectivity index (χ2n) is 5.33. The van der Waals surface area contributed by atoms with E-state index in [-0.39, 0.29) is 30.4 Å². The molecule has 0 spiro atoms. The fraction of sp³-hybridized carbons (Fsp3) is 0.500. The molecule has 0 aliphatic heterocycles. The average molecular weight is 359 g/mol. The number of methoxy groups -OCH3 is 1. The van der Waals surface area contributed by atoms with Crippen LogP contribution < -0.4 is 21.3 Å². The van der Waals surface area contributed by atoms with Gasteiger partial charge in [0, 0.05) is 44.0 Å². The van der Waals surface area contributed by atoms with Gasteiger partial charge in [-0.3, -0.25) is 4.79 Å². The van der Waals surface area contributed by atoms with E-state index in [0.717, 1.165) is 6.54 Å². The number of nitrogens with one attached hydrogen (secondary N) is 4. The van der Waals surface area contributed by atoms with E-state index >= 15 is 0 Å². The third-order valence-corrected chi connectivity index (χ3v) is 2.90. The first-order valence-corrected chi connectivity index (χ1v) is 7.68. The summed E-state index contributed by atoms with van der Waals surface area (Å²) in [6, 6.07) is 6.56. The average Bonchev–Trinajstić information content (AvgIpc) is 2.50. The van der Waals surface area contributed by atoms with Crippen LogP contribution in [0.15, 0.2) is 24.3 Å². The van der Waals surface area contributed by atoms with Crippen LogP contribution in [0, 0.1) is 0 Å². The molecule has 0 fully saturated rings. The maximum absolute atomic E-state index is 11.9. The van der Waals surface area contributed by atoms with Gasteiger partial charge >= 0.3 is 6.03 Å². The van der Waals surface area contributed by atoms with Gasteiger partial charge in [-0.1, -0.05) is 0 Å². The lowest BCUT2D eigenvalue weighted by atomic mass is 10.2. The molecule has 0 aliphatic carbocycles. The third kappa shape index (κ3) is 9.34. The van der Waals surface area contributed by atoms with Crippen LogP contribution in [0.5, 0.6) is 0 Å². The molecule has 7 nitrogen and oxygen atoms in total. The molecule has 1 rings (SSSR count). The second-order valence-corrected chi connectivity index (χ2v) is 5.33. The summed E-state index contributed by atoms with van der Waals surface area (Å²) in [5.41, 5.74) is 1.19. The van der Waals surface area contributed by atoms with Crippen molar-refractivity contribution in [2.45, 2.75) is 19.9 Å². The predicted octanol–water partition coefficient (Wildman–Crippen LogP) is 1.60. The Morgan fingerprint density at radius 3 is 2.33 bits per heavy atom. The van der Waals surface area contributed by atoms with Gasteiger partial charge in [0.25, 0.3) is 5.91 Å². The Balaban J connectivity index is 0.00000529. The number of hydrogen-bond donors (Lipinski definition) is 4. The number of benzene rings is 1. The second kappa shape index (κ2) is 12.6. The summed E-state index contributed by atoms with van der Waals surface area (Å²) in [5, 5.41) is 11.4. The van der Waals surface area contributed by atoms with Gasteiger partial charge in [0.15, 0.2) is 0 Å². The summed E-state index contributed by atoms with van der Waals surface area (Å²) in [4.78, 5) is 23.5. The molecule has 0 aromatic heterocycles. The van der Waals surface area contributed by atoms with Crippen LogP contribution in [0.1, 0.15) is 24.2 Å². The number of ether oxygens (including phenoxy) is 1. The van der Waals surface area contributed by atoms with E-state index in [0.29, 0.717) is 30.9 Å². The molecule has 4 N–H and O–H groups in total. The van der Waals surface area contributed by atoms with E-state index in [4.69, 9.17) is 4.74 Å². The highest BCUT2D eigenvalue weighted by atomic mass is 35.5. The van der Waals surface area contributed by atoms with E-state index in [1.165, 1.54) is 0 Å². The number of carbonyl (C=O) groups excluding carboxylic acids is 2. The van der Waals surface area contributed by atoms with Gasteiger partial charge in [0.2, 0.25) is 0 Å². The van der Waals surface area contributed by atoms with Crippen molar-refractivity contribution in [3.63, 3.8) is 0 Å². The molecule has 0 saturated carbocycles. The van der Waals surface area contributed by atoms with Crippen LogP contribution in [0.25, 0.3) is 0 Å². The molecule has 24 heavy (non-hydrogen) atoms. The van der Waals surface area contributed by atoms with Gasteiger partial charge in [0.1, 0.15) is 0 Å². The molecule has 8 heteroatoms. The number of halogens is 1. The standard InChI is InChI=1S/C16H26N4O3.ClH/c1-12(2)19-16(22)20-14-6-4-13(5-7-14)15(21)18-9-8-17-10-11-23-3;/h4-7,12,17H,8-11H2,1-3H3,(H,18,21)(H2,19,20,22);1H. The van der Waals surface area contributed by atoms with E-state index in [9.17, 15) is 9.59 Å². The first-order chi connectivity index (χ1) is 11.0. The molecule has 3 amide bonds. The first-order valence-electron chi connectivity index (χ1n) is 7.68. The normalized spacial score (nSPS) is 10.0. The molecular formula is C16H27ClN4O3. The third-order valence-electron chi connectivity index (χ3n) is 2.90. The fourth-order valence-electron chi connectivity index (χ4n) is 1.80. The van der Waals surface area contributed by atoms with E-state index in [1.54, 1.807) is 31.4 Å². The Labute approximate surface area is 149 Å². The van der Waals surface area contributed by atoms with Gasteiger partial charge in [-0.15, -0.1) is 12.4 Å². The smallest absolute Gasteiger partial charge is 0.319 e. The maximum Gasteiger partial charge on any atom is 0.319 e. The minimum Gasteiger partial charge on any atom is -0.383 e. The van der Waals surface area contributed by atoms with Crippen molar-refractivity contribution in [2.24, 2.45) is 0 Å². The molecule has 0 unspecified atom stereocenters. The van der Waals surface area contributed by atoms with Crippen molar-refractivity contribution in [1.29, 1.82) is 0 Å². The molecule has 136 valence electrons. The van der Waals surface area contributed by atoms with E-state index in [2.05, 4.69) is 21.3 Å². The molecular weight excluding hydrogens is 332 g/mol. The summed E-state index contributed by atoms with van der Waals surface area (Å²) >= 11 is 0. The quantitative estimate of drug-likeness (QED) is 0.505. The zero-order valence-corrected chi connectivity index (χ0v) is 15.2. The summed E-state index contributed by atoms with van der Waals surface area (Å²) in [6.07, 6.45) is 0. The number of anilines is 1. The molecule has 1 aromatic rings. The number of hydrogen-bond acceptors (Lipinski definition) is 4. The van der Waals surface area contributed by atoms with Gasteiger partial charge in [-0.25, -0.2) is 4.79 Å². The molecule has 0 radical (unpaired) electrons. The van der Waals surface area contributed by atoms with Crippen molar-refractivity contribution < 1.29 is 14.3 Å². The Hall–Kier alpha value is -1.83. The summed E-state index contributed by atoms with van der Waals surface area (Å²) in [5.74, 6) is -0.142. The molecule has 0 bridgehead atoms. The lowest BCUT2D eigenvalue weighted by molar-refractivity contribution is 0.0953. The largest absolute Gasteiger partial charge is 0.383 e. The molecule has 1 aromatic carbocycles. The van der Waals surface area contributed by atoms with Crippen molar-refractivity contribution in [3.05, 3.63) is 29.8 Å². The number of rotatable bonds is 9. The topological polar surface area (TPSA) is 91.5 Å². The van der Waals surface area contributed by atoms with Gasteiger partial charge in [-0.05, 0) is 38.1 Å². The van der Waals surface area contributed by atoms with Crippen LogP contribution in [0.2, 0.25) is 0 Å². The van der Waals surface area contributed by atoms with E-state index < -0.39 is 0 Å². The summed E-state index contributed by atoms with van der Waals surface area (Å²) < 4.78 is 4.91. The van der Waals surface area contributed by atoms with Crippen LogP contribution >= 0.6 is 12.4 Å². The number of carbonyl (C=O) groups is 2. The number of amides is 3. The highest BCUT2D eigenvalue weighted by Gasteiger charge is 2.06. The monoisotopic (exact) mass is 358 g/mol. The zero-order chi connectivity index (χ0) is 17.1. The van der Waals surface area contributed by atoms with Crippen molar-refractivity contribution >= 4 is 30.0 Å². The van der Waals surface area contributed by atoms with Crippen molar-refractivity contribution in [1.82, 2.24) is 16.0 Å². The Morgan fingerprint density at radius 2 is 1.75 bits per heavy atom. The molecule has 0 atom stereocenters. The summed E-state index contributed by atoms with van der Waals surface area (Å²) in [6.45, 7) is 6.40. The molecule has 0 saturated heterocycles. The van der Waals surface area contributed by atoms with Crippen LogP contribution in [-0.4, -0.2) is 51.3 Å². The van der Waals surface area contributed by atoms with Crippen LogP contribution in [0.3, 0.4) is 0 Å². The Kier molecular flexibility index (Phi) is 11.6. The van der Waals surface area contributed by atoms with Crippen LogP contribution in [0.4, 0.5) is 10.5 Å². The lowest BCUT2D eigenvalue weighted by Gasteiger charge is -2.10. The van der Waals surface area contributed by atoms with E-state index in [1.807, 2.05) is 13.8 Å². The highest BCUT2D eigenvalue weighted by Crippen LogP contribution is 2.09. The summed E-state index contributed by atoms with van der Waals surface area (Å²) in [7, 11) is 1.65. The minimum absolute atomic E-state index is 0. The molecule has 0 heterocycles. The van der Waals surface area contributed by atoms with Crippen molar-refractivity contribution in [3.8, 4) is 0 Å². The predicted molar refractivity (Wildman–Crippen MR) is 98.1 cm³/mol. The SMILES string of the molecule is COCCNCCNC(=O)c1ccc(NC(=O)NC(C)C)cc1.Cl. The first kappa shape index (κ1) is 22.2. The highest BCUT2D eigenvalue weighted by molar-refractivity contribution is 5.95. The Bertz CT molecular complexity index is 495. The van der Waals surface area contributed by atoms with Crippen LogP contribution in [-0.2, 0) is 4.74 Å². The zero-order valence-electron chi connectivity index (χ0n) is 14.3. The molecule has 0 aliphatic rings. The van der Waals surface area contributed by atoms with Gasteiger partial charge in [-0.2, -0.15) is 0 Å².